The highest BCUT2D eigenvalue weighted by molar-refractivity contribution is 5.88. The molecule has 0 bridgehead atoms. The van der Waals surface area contributed by atoms with Crippen LogP contribution in [-0.2, 0) is 4.79 Å². The summed E-state index contributed by atoms with van der Waals surface area (Å²) in [5.41, 5.74) is 0. The molecule has 0 atom stereocenters. The maximum absolute atomic E-state index is 11.1. The molecule has 0 saturated heterocycles. The van der Waals surface area contributed by atoms with Gasteiger partial charge < -0.3 is 0 Å². The summed E-state index contributed by atoms with van der Waals surface area (Å²) in [7, 11) is 0. The molecule has 1 aromatic rings. The topological polar surface area (TPSA) is 70.7 Å². The van der Waals surface area contributed by atoms with Crippen LogP contribution in [-0.4, -0.2) is 21.1 Å². The van der Waals surface area contributed by atoms with E-state index in [1.54, 1.807) is 6.92 Å². The van der Waals surface area contributed by atoms with Gasteiger partial charge in [0.25, 0.3) is 0 Å². The third kappa shape index (κ3) is 2.95. The van der Waals surface area contributed by atoms with Crippen LogP contribution in [0, 0.1) is 19.3 Å². The van der Waals surface area contributed by atoms with E-state index in [2.05, 4.69) is 26.4 Å². The van der Waals surface area contributed by atoms with E-state index in [9.17, 15) is 4.79 Å². The normalized spacial score (nSPS) is 9.23. The number of nitrogens with one attached hydrogen (secondary N) is 2. The quantitative estimate of drug-likeness (QED) is 0.661. The zero-order valence-electron chi connectivity index (χ0n) is 7.29. The molecule has 13 heavy (non-hydrogen) atoms. The average molecular weight is 178 g/mol. The van der Waals surface area contributed by atoms with Crippen molar-refractivity contribution >= 4 is 11.9 Å². The van der Waals surface area contributed by atoms with E-state index in [4.69, 9.17) is 6.42 Å². The minimum absolute atomic E-state index is 0.169. The van der Waals surface area contributed by atoms with E-state index in [-0.39, 0.29) is 5.91 Å². The molecule has 0 saturated carbocycles. The van der Waals surface area contributed by atoms with E-state index >= 15 is 0 Å². The molecule has 0 radical (unpaired) electrons. The van der Waals surface area contributed by atoms with E-state index in [1.165, 1.54) is 0 Å². The number of H-pyrrole nitrogens is 1. The van der Waals surface area contributed by atoms with Crippen LogP contribution in [0.5, 0.6) is 0 Å². The van der Waals surface area contributed by atoms with Crippen molar-refractivity contribution in [2.24, 2.45) is 0 Å². The summed E-state index contributed by atoms with van der Waals surface area (Å²) in [5.74, 6) is 3.16. The van der Waals surface area contributed by atoms with Crippen LogP contribution >= 0.6 is 0 Å². The summed E-state index contributed by atoms with van der Waals surface area (Å²) in [5, 5.41) is 8.87. The number of aromatic amines is 1. The minimum Gasteiger partial charge on any atom is -0.293 e. The number of carbonyl (C=O) groups is 1. The Hall–Kier alpha value is -1.83. The second kappa shape index (κ2) is 4.26. The molecule has 5 heteroatoms. The van der Waals surface area contributed by atoms with Gasteiger partial charge in [-0.25, -0.2) is 0 Å². The highest BCUT2D eigenvalue weighted by Gasteiger charge is 2.04. The number of nitrogens with zero attached hydrogens (tertiary/aromatic N) is 2. The predicted octanol–water partition coefficient (Wildman–Crippen LogP) is 0.465. The Kier molecular flexibility index (Phi) is 3.03. The van der Waals surface area contributed by atoms with E-state index in [0.717, 1.165) is 0 Å². The van der Waals surface area contributed by atoms with Crippen molar-refractivity contribution in [3.63, 3.8) is 0 Å². The maximum atomic E-state index is 11.1. The van der Waals surface area contributed by atoms with Crippen molar-refractivity contribution in [1.29, 1.82) is 0 Å². The number of anilines is 1. The zero-order chi connectivity index (χ0) is 9.68. The molecule has 2 N–H and O–H groups in total. The highest BCUT2D eigenvalue weighted by atomic mass is 16.1. The number of rotatable bonds is 3. The second-order valence-electron chi connectivity index (χ2n) is 2.50. The van der Waals surface area contributed by atoms with Gasteiger partial charge >= 0.3 is 0 Å². The number of hydrogen-bond donors (Lipinski definition) is 2. The van der Waals surface area contributed by atoms with Crippen molar-refractivity contribution < 1.29 is 4.79 Å². The van der Waals surface area contributed by atoms with Gasteiger partial charge in [0.05, 0.1) is 0 Å². The fraction of sp³-hybridized carbons (Fsp3) is 0.375. The molecule has 68 valence electrons. The van der Waals surface area contributed by atoms with Gasteiger partial charge in [0.1, 0.15) is 5.82 Å². The second-order valence-corrected chi connectivity index (χ2v) is 2.50. The fourth-order valence-corrected chi connectivity index (χ4v) is 0.772. The van der Waals surface area contributed by atoms with Crippen LogP contribution in [0.25, 0.3) is 0 Å². The van der Waals surface area contributed by atoms with Gasteiger partial charge in [-0.3, -0.25) is 15.2 Å². The van der Waals surface area contributed by atoms with Gasteiger partial charge in [-0.15, -0.1) is 17.4 Å². The first-order valence-corrected chi connectivity index (χ1v) is 3.84. The lowest BCUT2D eigenvalue weighted by Gasteiger charge is -1.96. The van der Waals surface area contributed by atoms with Gasteiger partial charge in [-0.05, 0) is 6.92 Å². The van der Waals surface area contributed by atoms with Crippen LogP contribution in [0.1, 0.15) is 18.7 Å². The molecule has 1 amide bonds. The largest absolute Gasteiger partial charge is 0.293 e. The molecule has 0 spiro atoms. The Balaban J connectivity index is 2.41. The van der Waals surface area contributed by atoms with E-state index in [0.29, 0.717) is 24.6 Å². The number of terminal acetylenes is 1. The molecule has 5 nitrogen and oxygen atoms in total. The Morgan fingerprint density at radius 1 is 1.77 bits per heavy atom. The zero-order valence-corrected chi connectivity index (χ0v) is 7.29. The van der Waals surface area contributed by atoms with Crippen LogP contribution in [0.2, 0.25) is 0 Å². The molecule has 0 aliphatic heterocycles. The van der Waals surface area contributed by atoms with Crippen LogP contribution in [0.15, 0.2) is 0 Å². The predicted molar refractivity (Wildman–Crippen MR) is 47.8 cm³/mol. The molecule has 0 aromatic carbocycles. The fourth-order valence-electron chi connectivity index (χ4n) is 0.772. The summed E-state index contributed by atoms with van der Waals surface area (Å²) < 4.78 is 0. The molecule has 1 rings (SSSR count). The Bertz CT molecular complexity index is 336. The third-order valence-corrected chi connectivity index (χ3v) is 1.34. The molecule has 0 aliphatic carbocycles. The lowest BCUT2D eigenvalue weighted by atomic mass is 10.3. The van der Waals surface area contributed by atoms with Crippen LogP contribution < -0.4 is 5.32 Å². The van der Waals surface area contributed by atoms with Crippen molar-refractivity contribution in [1.82, 2.24) is 15.2 Å². The standard InChI is InChI=1S/C8H10N4O/c1-3-4-5-7(13)10-8-9-6(2)11-12-8/h1H,4-5H2,2H3,(H2,9,10,11,12,13). The van der Waals surface area contributed by atoms with Crippen molar-refractivity contribution in [2.45, 2.75) is 19.8 Å². The summed E-state index contributed by atoms with van der Waals surface area (Å²) in [6.07, 6.45) is 5.73. The van der Waals surface area contributed by atoms with Crippen molar-refractivity contribution in [3.8, 4) is 12.3 Å². The Morgan fingerprint density at radius 3 is 3.08 bits per heavy atom. The van der Waals surface area contributed by atoms with E-state index in [1.807, 2.05) is 0 Å². The minimum atomic E-state index is -0.169. The summed E-state index contributed by atoms with van der Waals surface area (Å²) in [6, 6.07) is 0. The van der Waals surface area contributed by atoms with Gasteiger partial charge in [-0.2, -0.15) is 4.98 Å². The molecule has 0 aliphatic rings. The number of amides is 1. The number of carbonyl (C=O) groups excluding carboxylic acids is 1. The third-order valence-electron chi connectivity index (χ3n) is 1.34. The molecule has 0 fully saturated rings. The maximum Gasteiger partial charge on any atom is 0.248 e. The number of aryl methyl sites for hydroxylation is 1. The molecule has 0 unspecified atom stereocenters. The Labute approximate surface area is 75.9 Å². The van der Waals surface area contributed by atoms with E-state index < -0.39 is 0 Å². The molecule has 1 aromatic heterocycles. The molecule has 1 heterocycles. The Morgan fingerprint density at radius 2 is 2.54 bits per heavy atom. The highest BCUT2D eigenvalue weighted by Crippen LogP contribution is 1.98. The molecular weight excluding hydrogens is 168 g/mol. The number of hydrogen-bond acceptors (Lipinski definition) is 3. The van der Waals surface area contributed by atoms with Gasteiger partial charge in [0.15, 0.2) is 0 Å². The van der Waals surface area contributed by atoms with Gasteiger partial charge in [0, 0.05) is 12.8 Å². The first-order chi connectivity index (χ1) is 6.22. The summed E-state index contributed by atoms with van der Waals surface area (Å²) in [6.45, 7) is 1.75. The van der Waals surface area contributed by atoms with Crippen LogP contribution in [0.4, 0.5) is 5.95 Å². The monoisotopic (exact) mass is 178 g/mol. The first kappa shape index (κ1) is 9.26. The summed E-state index contributed by atoms with van der Waals surface area (Å²) in [4.78, 5) is 15.0. The van der Waals surface area contributed by atoms with Crippen molar-refractivity contribution in [2.75, 3.05) is 5.32 Å². The summed E-state index contributed by atoms with van der Waals surface area (Å²) >= 11 is 0. The van der Waals surface area contributed by atoms with Crippen LogP contribution in [0.3, 0.4) is 0 Å². The SMILES string of the molecule is C#CCCC(=O)Nc1n[nH]c(C)n1. The van der Waals surface area contributed by atoms with Gasteiger partial charge in [-0.1, -0.05) is 0 Å². The lowest BCUT2D eigenvalue weighted by Crippen LogP contribution is -2.11. The smallest absolute Gasteiger partial charge is 0.248 e. The van der Waals surface area contributed by atoms with Crippen molar-refractivity contribution in [3.05, 3.63) is 5.82 Å². The average Bonchev–Trinajstić information content (AvgIpc) is 2.48. The first-order valence-electron chi connectivity index (χ1n) is 3.84. The number of aromatic nitrogens is 3. The van der Waals surface area contributed by atoms with Gasteiger partial charge in [0.2, 0.25) is 11.9 Å². The lowest BCUT2D eigenvalue weighted by molar-refractivity contribution is -0.116. The molecular formula is C8H10N4O.